The van der Waals surface area contributed by atoms with Gasteiger partial charge in [-0.05, 0) is 42.5 Å². The summed E-state index contributed by atoms with van der Waals surface area (Å²) in [6.07, 6.45) is 0. The van der Waals surface area contributed by atoms with Crippen LogP contribution in [0.2, 0.25) is 5.02 Å². The highest BCUT2D eigenvalue weighted by atomic mass is 35.5. The first-order valence-corrected chi connectivity index (χ1v) is 9.46. The van der Waals surface area contributed by atoms with E-state index in [1.165, 1.54) is 38.4 Å². The molecule has 7 nitrogen and oxygen atoms in total. The molecule has 0 spiro atoms. The van der Waals surface area contributed by atoms with Crippen molar-refractivity contribution in [1.29, 1.82) is 0 Å². The molecule has 1 N–H and O–H groups in total. The molecule has 0 aromatic heterocycles. The average Bonchev–Trinajstić information content (AvgIpc) is 2.65. The summed E-state index contributed by atoms with van der Waals surface area (Å²) < 4.78 is 30.6. The Bertz CT molecular complexity index is 856. The summed E-state index contributed by atoms with van der Waals surface area (Å²) in [4.78, 5) is 16.9. The van der Waals surface area contributed by atoms with Crippen LogP contribution in [0, 0.1) is 0 Å². The molecule has 0 aliphatic carbocycles. The second-order valence-corrected chi connectivity index (χ2v) is 7.56. The van der Waals surface area contributed by atoms with Gasteiger partial charge in [-0.3, -0.25) is 9.63 Å². The highest BCUT2D eigenvalue weighted by Gasteiger charge is 2.21. The lowest BCUT2D eigenvalue weighted by molar-refractivity contribution is -0.0258. The summed E-state index contributed by atoms with van der Waals surface area (Å²) in [7, 11) is -1.30. The number of nitrogens with zero attached hydrogens (tertiary/aromatic N) is 1. The van der Waals surface area contributed by atoms with Crippen LogP contribution in [0.15, 0.2) is 53.4 Å². The van der Waals surface area contributed by atoms with Crippen LogP contribution in [-0.2, 0) is 14.9 Å². The number of sulfonamides is 1. The number of hydrogen-bond acceptors (Lipinski definition) is 5. The molecule has 0 aliphatic heterocycles. The number of ether oxygens (including phenoxy) is 1. The zero-order valence-corrected chi connectivity index (χ0v) is 15.9. The van der Waals surface area contributed by atoms with Crippen molar-refractivity contribution < 1.29 is 22.8 Å². The fraction of sp³-hybridized carbons (Fsp3) is 0.235. The Morgan fingerprint density at radius 3 is 2.54 bits per heavy atom. The predicted octanol–water partition coefficient (Wildman–Crippen LogP) is 2.33. The van der Waals surface area contributed by atoms with E-state index in [9.17, 15) is 13.2 Å². The summed E-state index contributed by atoms with van der Waals surface area (Å²) in [5.74, 6) is 0.237. The van der Waals surface area contributed by atoms with Gasteiger partial charge in [-0.15, -0.1) is 0 Å². The third-order valence-electron chi connectivity index (χ3n) is 3.46. The molecule has 9 heteroatoms. The fourth-order valence-electron chi connectivity index (χ4n) is 2.01. The Labute approximate surface area is 157 Å². The van der Waals surface area contributed by atoms with Gasteiger partial charge in [0.25, 0.3) is 15.9 Å². The quantitative estimate of drug-likeness (QED) is 0.545. The van der Waals surface area contributed by atoms with Gasteiger partial charge in [0.1, 0.15) is 12.4 Å². The monoisotopic (exact) mass is 398 g/mol. The summed E-state index contributed by atoms with van der Waals surface area (Å²) in [6.45, 7) is 0.522. The van der Waals surface area contributed by atoms with Gasteiger partial charge in [-0.2, -0.15) is 0 Å². The van der Waals surface area contributed by atoms with Crippen molar-refractivity contribution in [3.63, 3.8) is 0 Å². The first-order valence-electron chi connectivity index (χ1n) is 7.64. The average molecular weight is 399 g/mol. The van der Waals surface area contributed by atoms with Crippen LogP contribution in [0.25, 0.3) is 0 Å². The maximum absolute atomic E-state index is 12.2. The van der Waals surface area contributed by atoms with Crippen LogP contribution >= 0.6 is 11.6 Å². The van der Waals surface area contributed by atoms with Gasteiger partial charge in [0.2, 0.25) is 0 Å². The molecular formula is C17H19ClN2O5S. The van der Waals surface area contributed by atoms with Crippen LogP contribution < -0.4 is 10.1 Å². The molecule has 0 aliphatic rings. The molecule has 1 amide bonds. The lowest BCUT2D eigenvalue weighted by atomic mass is 10.2. The van der Waals surface area contributed by atoms with Crippen LogP contribution in [-0.4, -0.2) is 46.1 Å². The summed E-state index contributed by atoms with van der Waals surface area (Å²) >= 11 is 5.79. The van der Waals surface area contributed by atoms with Gasteiger partial charge in [0, 0.05) is 17.6 Å². The van der Waals surface area contributed by atoms with Gasteiger partial charge in [0.05, 0.1) is 18.6 Å². The summed E-state index contributed by atoms with van der Waals surface area (Å²) in [5.41, 5.74) is 0.224. The van der Waals surface area contributed by atoms with Crippen molar-refractivity contribution in [2.45, 2.75) is 4.90 Å². The number of rotatable bonds is 8. The number of halogens is 1. The number of hydroxylamine groups is 1. The minimum atomic E-state index is -3.81. The molecule has 0 radical (unpaired) electrons. The van der Waals surface area contributed by atoms with E-state index < -0.39 is 15.9 Å². The number of carbonyl (C=O) groups excluding carboxylic acids is 1. The normalized spacial score (nSPS) is 11.4. The SMILES string of the molecule is CON(C)S(=O)(=O)c1cccc(C(=O)NCCOc2ccc(Cl)cc2)c1. The number of nitrogens with one attached hydrogen (secondary N) is 1. The standard InChI is InChI=1S/C17H19ClN2O5S/c1-20(24-2)26(22,23)16-5-3-4-13(12-16)17(21)19-10-11-25-15-8-6-14(18)7-9-15/h3-9,12H,10-11H2,1-2H3,(H,19,21). The minimum Gasteiger partial charge on any atom is -0.492 e. The molecule has 0 saturated carbocycles. The van der Waals surface area contributed by atoms with Gasteiger partial charge >= 0.3 is 0 Å². The Balaban J connectivity index is 1.93. The molecule has 0 fully saturated rings. The molecule has 2 aromatic carbocycles. The molecule has 26 heavy (non-hydrogen) atoms. The largest absolute Gasteiger partial charge is 0.492 e. The van der Waals surface area contributed by atoms with E-state index >= 15 is 0 Å². The van der Waals surface area contributed by atoms with Gasteiger partial charge in [-0.25, -0.2) is 8.42 Å². The number of amides is 1. The van der Waals surface area contributed by atoms with Crippen molar-refractivity contribution in [3.8, 4) is 5.75 Å². The van der Waals surface area contributed by atoms with Gasteiger partial charge in [0.15, 0.2) is 0 Å². The molecule has 0 heterocycles. The molecule has 140 valence electrons. The van der Waals surface area contributed by atoms with E-state index in [1.54, 1.807) is 24.3 Å². The zero-order chi connectivity index (χ0) is 19.2. The zero-order valence-electron chi connectivity index (χ0n) is 14.3. The lowest BCUT2D eigenvalue weighted by Crippen LogP contribution is -2.29. The molecular weight excluding hydrogens is 380 g/mol. The van der Waals surface area contributed by atoms with Crippen molar-refractivity contribution in [2.24, 2.45) is 0 Å². The van der Waals surface area contributed by atoms with Crippen LogP contribution in [0.1, 0.15) is 10.4 Å². The third kappa shape index (κ3) is 5.18. The van der Waals surface area contributed by atoms with Crippen LogP contribution in [0.3, 0.4) is 0 Å². The summed E-state index contributed by atoms with van der Waals surface area (Å²) in [6, 6.07) is 12.6. The maximum atomic E-state index is 12.2. The Kier molecular flexibility index (Phi) is 6.98. The van der Waals surface area contributed by atoms with Crippen LogP contribution in [0.5, 0.6) is 5.75 Å². The Hall–Kier alpha value is -2.13. The van der Waals surface area contributed by atoms with Crippen molar-refractivity contribution in [3.05, 3.63) is 59.1 Å². The molecule has 0 bridgehead atoms. The second-order valence-electron chi connectivity index (χ2n) is 5.18. The van der Waals surface area contributed by atoms with E-state index in [4.69, 9.17) is 21.2 Å². The van der Waals surface area contributed by atoms with Gasteiger partial charge in [-0.1, -0.05) is 22.1 Å². The van der Waals surface area contributed by atoms with E-state index in [1.807, 2.05) is 0 Å². The molecule has 0 unspecified atom stereocenters. The molecule has 2 aromatic rings. The smallest absolute Gasteiger partial charge is 0.264 e. The predicted molar refractivity (Wildman–Crippen MR) is 97.7 cm³/mol. The first-order chi connectivity index (χ1) is 12.3. The Morgan fingerprint density at radius 1 is 1.19 bits per heavy atom. The number of benzene rings is 2. The van der Waals surface area contributed by atoms with Crippen molar-refractivity contribution >= 4 is 27.5 Å². The highest BCUT2D eigenvalue weighted by molar-refractivity contribution is 7.89. The third-order valence-corrected chi connectivity index (χ3v) is 5.39. The van der Waals surface area contributed by atoms with E-state index in [2.05, 4.69) is 5.32 Å². The Morgan fingerprint density at radius 2 is 1.88 bits per heavy atom. The molecule has 2 rings (SSSR count). The lowest BCUT2D eigenvalue weighted by Gasteiger charge is -2.14. The minimum absolute atomic E-state index is 0.0353. The second kappa shape index (κ2) is 9.00. The topological polar surface area (TPSA) is 84.9 Å². The van der Waals surface area contributed by atoms with E-state index in [-0.39, 0.29) is 23.6 Å². The van der Waals surface area contributed by atoms with E-state index in [0.717, 1.165) is 4.47 Å². The number of hydrogen-bond donors (Lipinski definition) is 1. The first kappa shape index (κ1) is 20.2. The summed E-state index contributed by atoms with van der Waals surface area (Å²) in [5, 5.41) is 3.28. The van der Waals surface area contributed by atoms with Gasteiger partial charge < -0.3 is 10.1 Å². The molecule has 0 saturated heterocycles. The van der Waals surface area contributed by atoms with Crippen LogP contribution in [0.4, 0.5) is 0 Å². The van der Waals surface area contributed by atoms with E-state index in [0.29, 0.717) is 10.8 Å². The van der Waals surface area contributed by atoms with Crippen molar-refractivity contribution in [2.75, 3.05) is 27.3 Å². The number of carbonyl (C=O) groups is 1. The molecule has 0 atom stereocenters. The maximum Gasteiger partial charge on any atom is 0.264 e. The fourth-order valence-corrected chi connectivity index (χ4v) is 3.16. The highest BCUT2D eigenvalue weighted by Crippen LogP contribution is 2.16. The van der Waals surface area contributed by atoms with Crippen molar-refractivity contribution in [1.82, 2.24) is 9.79 Å².